The Morgan fingerprint density at radius 2 is 2.18 bits per heavy atom. The molecule has 0 radical (unpaired) electrons. The molecule has 0 atom stereocenters. The molecule has 5 heteroatoms. The van der Waals surface area contributed by atoms with Crippen LogP contribution >= 0.6 is 0 Å². The van der Waals surface area contributed by atoms with E-state index in [9.17, 15) is 4.39 Å². The van der Waals surface area contributed by atoms with E-state index in [-0.39, 0.29) is 5.82 Å². The van der Waals surface area contributed by atoms with Gasteiger partial charge in [0.2, 0.25) is 0 Å². The van der Waals surface area contributed by atoms with Crippen LogP contribution in [0.15, 0.2) is 24.4 Å². The largest absolute Gasteiger partial charge is 0.494 e. The van der Waals surface area contributed by atoms with Crippen LogP contribution in [0, 0.1) is 5.82 Å². The number of aryl methyl sites for hydroxylation is 1. The molecule has 1 aromatic heterocycles. The normalized spacial score (nSPS) is 10.5. The van der Waals surface area contributed by atoms with E-state index < -0.39 is 0 Å². The number of anilines is 1. The fraction of sp³-hybridized carbons (Fsp3) is 0.250. The second-order valence-electron chi connectivity index (χ2n) is 3.64. The Labute approximate surface area is 98.8 Å². The van der Waals surface area contributed by atoms with Crippen LogP contribution in [0.5, 0.6) is 5.75 Å². The van der Waals surface area contributed by atoms with Crippen molar-refractivity contribution in [3.05, 3.63) is 30.2 Å². The van der Waals surface area contributed by atoms with E-state index >= 15 is 0 Å². The molecule has 0 aliphatic rings. The monoisotopic (exact) mass is 235 g/mol. The summed E-state index contributed by atoms with van der Waals surface area (Å²) in [6.45, 7) is 2.36. The molecular formula is C12H14FN3O. The summed E-state index contributed by atoms with van der Waals surface area (Å²) in [5.41, 5.74) is 6.82. The zero-order valence-electron chi connectivity index (χ0n) is 9.77. The van der Waals surface area contributed by atoms with Crippen molar-refractivity contribution in [1.82, 2.24) is 9.78 Å². The van der Waals surface area contributed by atoms with Gasteiger partial charge in [0, 0.05) is 24.2 Å². The minimum Gasteiger partial charge on any atom is -0.494 e. The van der Waals surface area contributed by atoms with Crippen LogP contribution in [-0.4, -0.2) is 16.4 Å². The number of benzene rings is 1. The summed E-state index contributed by atoms with van der Waals surface area (Å²) in [5.74, 6) is 0.583. The highest BCUT2D eigenvalue weighted by atomic mass is 19.1. The number of halogens is 1. The molecule has 0 fully saturated rings. The Balaban J connectivity index is 2.43. The summed E-state index contributed by atoms with van der Waals surface area (Å²) in [5, 5.41) is 3.99. The molecule has 0 bridgehead atoms. The summed E-state index contributed by atoms with van der Waals surface area (Å²) in [7, 11) is 1.71. The molecule has 0 amide bonds. The number of ether oxygens (including phenoxy) is 1. The van der Waals surface area contributed by atoms with Gasteiger partial charge >= 0.3 is 0 Å². The molecule has 0 saturated heterocycles. The number of nitrogen functional groups attached to an aromatic ring is 1. The van der Waals surface area contributed by atoms with E-state index in [0.29, 0.717) is 29.3 Å². The second kappa shape index (κ2) is 4.45. The number of nitrogens with zero attached hydrogens (tertiary/aromatic N) is 2. The van der Waals surface area contributed by atoms with Crippen LogP contribution in [0.1, 0.15) is 6.92 Å². The summed E-state index contributed by atoms with van der Waals surface area (Å²) in [6.07, 6.45) is 1.55. The summed E-state index contributed by atoms with van der Waals surface area (Å²) in [6, 6.07) is 4.72. The van der Waals surface area contributed by atoms with Crippen molar-refractivity contribution in [2.75, 3.05) is 12.3 Å². The number of rotatable bonds is 3. The predicted octanol–water partition coefficient (Wildman–Crippen LogP) is 2.21. The molecule has 90 valence electrons. The summed E-state index contributed by atoms with van der Waals surface area (Å²) >= 11 is 0. The fourth-order valence-corrected chi connectivity index (χ4v) is 1.63. The van der Waals surface area contributed by atoms with Crippen LogP contribution in [-0.2, 0) is 7.05 Å². The average molecular weight is 235 g/mol. The van der Waals surface area contributed by atoms with Gasteiger partial charge < -0.3 is 10.5 Å². The van der Waals surface area contributed by atoms with E-state index in [1.165, 1.54) is 10.7 Å². The molecule has 0 spiro atoms. The first kappa shape index (κ1) is 11.4. The molecule has 0 aliphatic heterocycles. The third-order valence-corrected chi connectivity index (χ3v) is 2.53. The van der Waals surface area contributed by atoms with E-state index in [4.69, 9.17) is 10.5 Å². The molecule has 4 nitrogen and oxygen atoms in total. The third-order valence-electron chi connectivity index (χ3n) is 2.53. The highest BCUT2D eigenvalue weighted by Gasteiger charge is 2.12. The van der Waals surface area contributed by atoms with E-state index in [2.05, 4.69) is 5.10 Å². The van der Waals surface area contributed by atoms with Crippen molar-refractivity contribution >= 4 is 5.82 Å². The van der Waals surface area contributed by atoms with Crippen LogP contribution in [0.4, 0.5) is 10.2 Å². The highest BCUT2D eigenvalue weighted by Crippen LogP contribution is 2.29. The predicted molar refractivity (Wildman–Crippen MR) is 64.2 cm³/mol. The second-order valence-corrected chi connectivity index (χ2v) is 3.64. The lowest BCUT2D eigenvalue weighted by Gasteiger charge is -2.06. The molecule has 17 heavy (non-hydrogen) atoms. The Kier molecular flexibility index (Phi) is 2.99. The summed E-state index contributed by atoms with van der Waals surface area (Å²) < 4.78 is 20.6. The molecule has 0 saturated carbocycles. The van der Waals surface area contributed by atoms with Crippen molar-refractivity contribution in [2.45, 2.75) is 6.92 Å². The lowest BCUT2D eigenvalue weighted by molar-refractivity contribution is 0.338. The van der Waals surface area contributed by atoms with E-state index in [1.54, 1.807) is 25.4 Å². The maximum atomic E-state index is 13.9. The standard InChI is InChI=1S/C12H14FN3O/c1-3-17-8-4-5-9(11(13)6-8)10-7-15-16(2)12(10)14/h4-7H,3,14H2,1-2H3. The molecule has 0 aliphatic carbocycles. The molecular weight excluding hydrogens is 221 g/mol. The van der Waals surface area contributed by atoms with E-state index in [1.807, 2.05) is 6.92 Å². The molecule has 1 aromatic carbocycles. The van der Waals surface area contributed by atoms with Gasteiger partial charge in [-0.2, -0.15) is 5.10 Å². The average Bonchev–Trinajstić information content (AvgIpc) is 2.61. The fourth-order valence-electron chi connectivity index (χ4n) is 1.63. The van der Waals surface area contributed by atoms with Crippen molar-refractivity contribution in [3.8, 4) is 16.9 Å². The Morgan fingerprint density at radius 1 is 1.41 bits per heavy atom. The maximum Gasteiger partial charge on any atom is 0.134 e. The molecule has 2 rings (SSSR count). The van der Waals surface area contributed by atoms with Gasteiger partial charge in [0.05, 0.1) is 12.8 Å². The zero-order valence-corrected chi connectivity index (χ0v) is 9.77. The van der Waals surface area contributed by atoms with Gasteiger partial charge in [-0.25, -0.2) is 4.39 Å². The Bertz CT molecular complexity index is 537. The summed E-state index contributed by atoms with van der Waals surface area (Å²) in [4.78, 5) is 0. The van der Waals surface area contributed by atoms with Gasteiger partial charge in [-0.3, -0.25) is 4.68 Å². The smallest absolute Gasteiger partial charge is 0.134 e. The molecule has 0 unspecified atom stereocenters. The van der Waals surface area contributed by atoms with Crippen molar-refractivity contribution in [2.24, 2.45) is 7.05 Å². The quantitative estimate of drug-likeness (QED) is 0.887. The SMILES string of the molecule is CCOc1ccc(-c2cnn(C)c2N)c(F)c1. The number of hydrogen-bond acceptors (Lipinski definition) is 3. The van der Waals surface area contributed by atoms with Gasteiger partial charge in [-0.05, 0) is 19.1 Å². The first-order valence-corrected chi connectivity index (χ1v) is 5.33. The van der Waals surface area contributed by atoms with Gasteiger partial charge in [0.1, 0.15) is 17.4 Å². The third kappa shape index (κ3) is 2.08. The lowest BCUT2D eigenvalue weighted by Crippen LogP contribution is -1.99. The number of nitrogens with two attached hydrogens (primary N) is 1. The van der Waals surface area contributed by atoms with Gasteiger partial charge in [0.15, 0.2) is 0 Å². The van der Waals surface area contributed by atoms with Gasteiger partial charge in [-0.15, -0.1) is 0 Å². The lowest BCUT2D eigenvalue weighted by atomic mass is 10.1. The van der Waals surface area contributed by atoms with Crippen molar-refractivity contribution < 1.29 is 9.13 Å². The number of hydrogen-bond donors (Lipinski definition) is 1. The minimum absolute atomic E-state index is 0.365. The van der Waals surface area contributed by atoms with Crippen LogP contribution < -0.4 is 10.5 Å². The molecule has 2 N–H and O–H groups in total. The van der Waals surface area contributed by atoms with Crippen LogP contribution in [0.3, 0.4) is 0 Å². The Hall–Kier alpha value is -2.04. The minimum atomic E-state index is -0.365. The molecule has 1 heterocycles. The van der Waals surface area contributed by atoms with Crippen molar-refractivity contribution in [1.29, 1.82) is 0 Å². The maximum absolute atomic E-state index is 13.9. The van der Waals surface area contributed by atoms with E-state index in [0.717, 1.165) is 0 Å². The van der Waals surface area contributed by atoms with Crippen LogP contribution in [0.2, 0.25) is 0 Å². The zero-order chi connectivity index (χ0) is 12.4. The van der Waals surface area contributed by atoms with Gasteiger partial charge in [0.25, 0.3) is 0 Å². The topological polar surface area (TPSA) is 53.1 Å². The van der Waals surface area contributed by atoms with Crippen LogP contribution in [0.25, 0.3) is 11.1 Å². The Morgan fingerprint density at radius 3 is 2.71 bits per heavy atom. The number of aromatic nitrogens is 2. The first-order chi connectivity index (χ1) is 8.13. The highest BCUT2D eigenvalue weighted by molar-refractivity contribution is 5.74. The van der Waals surface area contributed by atoms with Gasteiger partial charge in [-0.1, -0.05) is 0 Å². The molecule has 2 aromatic rings. The first-order valence-electron chi connectivity index (χ1n) is 5.33. The van der Waals surface area contributed by atoms with Crippen molar-refractivity contribution in [3.63, 3.8) is 0 Å².